The zero-order valence-corrected chi connectivity index (χ0v) is 10.6. The smallest absolute Gasteiger partial charge is 0.130 e. The quantitative estimate of drug-likeness (QED) is 0.860. The van der Waals surface area contributed by atoms with E-state index >= 15 is 0 Å². The first kappa shape index (κ1) is 14.1. The molecular weight excluding hydrogens is 222 g/mol. The van der Waals surface area contributed by atoms with E-state index < -0.39 is 17.7 Å². The average molecular weight is 242 g/mol. The molecule has 1 atom stereocenters. The third-order valence-corrected chi connectivity index (χ3v) is 2.93. The summed E-state index contributed by atoms with van der Waals surface area (Å²) < 4.78 is 26.3. The van der Waals surface area contributed by atoms with Crippen LogP contribution in [0.5, 0.6) is 0 Å². The Labute approximate surface area is 101 Å². The zero-order chi connectivity index (χ0) is 13.0. The molecule has 0 heterocycles. The third-order valence-electron chi connectivity index (χ3n) is 2.93. The van der Waals surface area contributed by atoms with Crippen LogP contribution in [0.25, 0.3) is 0 Å². The van der Waals surface area contributed by atoms with Crippen LogP contribution in [0.1, 0.15) is 32.4 Å². The number of nitrogens with zero attached hydrogens (tertiary/aromatic N) is 1. The monoisotopic (exact) mass is 242 g/mol. The molecule has 2 N–H and O–H groups in total. The lowest BCUT2D eigenvalue weighted by Crippen LogP contribution is -2.37. The summed E-state index contributed by atoms with van der Waals surface area (Å²) in [6, 6.07) is 3.46. The first-order valence-corrected chi connectivity index (χ1v) is 5.90. The minimum atomic E-state index is -0.574. The molecule has 0 spiro atoms. The van der Waals surface area contributed by atoms with Gasteiger partial charge in [0.2, 0.25) is 0 Å². The van der Waals surface area contributed by atoms with E-state index in [1.807, 2.05) is 6.92 Å². The molecule has 1 aromatic rings. The highest BCUT2D eigenvalue weighted by Crippen LogP contribution is 2.18. The van der Waals surface area contributed by atoms with Crippen LogP contribution in [-0.4, -0.2) is 24.0 Å². The highest BCUT2D eigenvalue weighted by molar-refractivity contribution is 5.22. The molecule has 0 radical (unpaired) electrons. The number of hydrogen-bond acceptors (Lipinski definition) is 2. The van der Waals surface area contributed by atoms with Crippen molar-refractivity contribution in [1.29, 1.82) is 0 Å². The van der Waals surface area contributed by atoms with Crippen LogP contribution in [-0.2, 0) is 0 Å². The summed E-state index contributed by atoms with van der Waals surface area (Å²) in [6.07, 6.45) is 0. The minimum absolute atomic E-state index is 0.356. The lowest BCUT2D eigenvalue weighted by molar-refractivity contribution is 0.218. The van der Waals surface area contributed by atoms with Crippen molar-refractivity contribution >= 4 is 0 Å². The van der Waals surface area contributed by atoms with Crippen molar-refractivity contribution in [1.82, 2.24) is 4.90 Å². The van der Waals surface area contributed by atoms with E-state index in [9.17, 15) is 8.78 Å². The van der Waals surface area contributed by atoms with Crippen molar-refractivity contribution in [2.24, 2.45) is 5.73 Å². The second-order valence-corrected chi connectivity index (χ2v) is 4.45. The van der Waals surface area contributed by atoms with Crippen molar-refractivity contribution in [2.45, 2.75) is 32.9 Å². The van der Waals surface area contributed by atoms with Gasteiger partial charge in [0.1, 0.15) is 11.6 Å². The Balaban J connectivity index is 2.78. The summed E-state index contributed by atoms with van der Waals surface area (Å²) in [5.74, 6) is -1.15. The van der Waals surface area contributed by atoms with Crippen molar-refractivity contribution in [3.8, 4) is 0 Å². The second-order valence-electron chi connectivity index (χ2n) is 4.45. The van der Waals surface area contributed by atoms with E-state index in [0.29, 0.717) is 18.2 Å². The van der Waals surface area contributed by atoms with Crippen LogP contribution in [0.3, 0.4) is 0 Å². The number of nitrogens with two attached hydrogens (primary N) is 1. The van der Waals surface area contributed by atoms with Gasteiger partial charge in [-0.3, -0.25) is 4.90 Å². The first-order chi connectivity index (χ1) is 7.95. The van der Waals surface area contributed by atoms with Gasteiger partial charge in [-0.25, -0.2) is 8.78 Å². The van der Waals surface area contributed by atoms with Crippen LogP contribution in [0.15, 0.2) is 18.2 Å². The number of rotatable bonds is 5. The fraction of sp³-hybridized carbons (Fsp3) is 0.538. The minimum Gasteiger partial charge on any atom is -0.323 e. The van der Waals surface area contributed by atoms with Crippen LogP contribution >= 0.6 is 0 Å². The van der Waals surface area contributed by atoms with Gasteiger partial charge in [-0.1, -0.05) is 13.0 Å². The standard InChI is InChI=1S/C13H20F2N2/c1-4-17(9(2)3)8-13(16)11-6-5-10(14)7-12(11)15/h5-7,9,13H,4,8,16H2,1-3H3. The summed E-state index contributed by atoms with van der Waals surface area (Å²) in [4.78, 5) is 2.15. The van der Waals surface area contributed by atoms with Crippen molar-refractivity contribution in [3.63, 3.8) is 0 Å². The van der Waals surface area contributed by atoms with E-state index in [2.05, 4.69) is 18.7 Å². The molecule has 96 valence electrons. The Morgan fingerprint density at radius 3 is 2.41 bits per heavy atom. The van der Waals surface area contributed by atoms with E-state index in [0.717, 1.165) is 12.6 Å². The number of likely N-dealkylation sites (N-methyl/N-ethyl adjacent to an activating group) is 1. The summed E-state index contributed by atoms with van der Waals surface area (Å²) >= 11 is 0. The molecule has 1 unspecified atom stereocenters. The largest absolute Gasteiger partial charge is 0.323 e. The summed E-state index contributed by atoms with van der Waals surface area (Å²) in [5, 5.41) is 0. The van der Waals surface area contributed by atoms with Gasteiger partial charge in [-0.2, -0.15) is 0 Å². The topological polar surface area (TPSA) is 29.3 Å². The van der Waals surface area contributed by atoms with Crippen LogP contribution in [0.2, 0.25) is 0 Å². The lowest BCUT2D eigenvalue weighted by atomic mass is 10.1. The van der Waals surface area contributed by atoms with Gasteiger partial charge in [0.05, 0.1) is 0 Å². The maximum absolute atomic E-state index is 13.5. The maximum atomic E-state index is 13.5. The molecule has 0 saturated heterocycles. The summed E-state index contributed by atoms with van der Waals surface area (Å²) in [7, 11) is 0. The predicted molar refractivity (Wildman–Crippen MR) is 65.7 cm³/mol. The fourth-order valence-corrected chi connectivity index (χ4v) is 1.86. The molecular formula is C13H20F2N2. The Kier molecular flexibility index (Phi) is 5.02. The van der Waals surface area contributed by atoms with E-state index in [1.54, 1.807) is 0 Å². The Hall–Kier alpha value is -1.00. The SMILES string of the molecule is CCN(CC(N)c1ccc(F)cc1F)C(C)C. The second kappa shape index (κ2) is 6.07. The Morgan fingerprint density at radius 1 is 1.29 bits per heavy atom. The third kappa shape index (κ3) is 3.75. The Morgan fingerprint density at radius 2 is 1.94 bits per heavy atom. The molecule has 0 aliphatic heterocycles. The summed E-state index contributed by atoms with van der Waals surface area (Å²) in [5.41, 5.74) is 6.32. The van der Waals surface area contributed by atoms with Gasteiger partial charge in [0.25, 0.3) is 0 Å². The molecule has 1 rings (SSSR count). The molecule has 0 aliphatic rings. The number of hydrogen-bond donors (Lipinski definition) is 1. The molecule has 17 heavy (non-hydrogen) atoms. The van der Waals surface area contributed by atoms with Crippen LogP contribution in [0.4, 0.5) is 8.78 Å². The van der Waals surface area contributed by atoms with Gasteiger partial charge >= 0.3 is 0 Å². The first-order valence-electron chi connectivity index (χ1n) is 5.90. The van der Waals surface area contributed by atoms with Crippen molar-refractivity contribution in [3.05, 3.63) is 35.4 Å². The van der Waals surface area contributed by atoms with Crippen molar-refractivity contribution < 1.29 is 8.78 Å². The van der Waals surface area contributed by atoms with Gasteiger partial charge in [-0.05, 0) is 26.5 Å². The van der Waals surface area contributed by atoms with Crippen LogP contribution in [0, 0.1) is 11.6 Å². The van der Waals surface area contributed by atoms with Gasteiger partial charge in [0, 0.05) is 30.3 Å². The number of benzene rings is 1. The molecule has 1 aromatic carbocycles. The average Bonchev–Trinajstić information content (AvgIpc) is 2.24. The highest BCUT2D eigenvalue weighted by Gasteiger charge is 2.16. The van der Waals surface area contributed by atoms with E-state index in [1.165, 1.54) is 12.1 Å². The summed E-state index contributed by atoms with van der Waals surface area (Å²) in [6.45, 7) is 7.59. The molecule has 4 heteroatoms. The fourth-order valence-electron chi connectivity index (χ4n) is 1.86. The molecule has 0 fully saturated rings. The molecule has 0 bridgehead atoms. The zero-order valence-electron chi connectivity index (χ0n) is 10.6. The number of halogens is 2. The normalized spacial score (nSPS) is 13.4. The highest BCUT2D eigenvalue weighted by atomic mass is 19.1. The predicted octanol–water partition coefficient (Wildman–Crippen LogP) is 2.69. The molecule has 0 aliphatic carbocycles. The van der Waals surface area contributed by atoms with Gasteiger partial charge in [-0.15, -0.1) is 0 Å². The van der Waals surface area contributed by atoms with Crippen LogP contribution < -0.4 is 5.73 Å². The van der Waals surface area contributed by atoms with E-state index in [-0.39, 0.29) is 0 Å². The van der Waals surface area contributed by atoms with Crippen molar-refractivity contribution in [2.75, 3.05) is 13.1 Å². The molecule has 0 aromatic heterocycles. The maximum Gasteiger partial charge on any atom is 0.130 e. The molecule has 0 amide bonds. The van der Waals surface area contributed by atoms with E-state index in [4.69, 9.17) is 5.73 Å². The Bertz CT molecular complexity index is 366. The lowest BCUT2D eigenvalue weighted by Gasteiger charge is -2.28. The van der Waals surface area contributed by atoms with Gasteiger partial charge in [0.15, 0.2) is 0 Å². The molecule has 0 saturated carbocycles. The van der Waals surface area contributed by atoms with Gasteiger partial charge < -0.3 is 5.73 Å². The molecule has 2 nitrogen and oxygen atoms in total.